The van der Waals surface area contributed by atoms with E-state index in [4.69, 9.17) is 4.74 Å². The van der Waals surface area contributed by atoms with E-state index < -0.39 is 6.04 Å². The molecule has 0 saturated carbocycles. The van der Waals surface area contributed by atoms with Crippen LogP contribution < -0.4 is 10.1 Å². The summed E-state index contributed by atoms with van der Waals surface area (Å²) in [6.07, 6.45) is 0.534. The molecule has 5 heteroatoms. The average molecular weight is 411 g/mol. The summed E-state index contributed by atoms with van der Waals surface area (Å²) in [6.45, 7) is 10.8. The fraction of sp³-hybridized carbons (Fsp3) is 0.440. The predicted octanol–water partition coefficient (Wildman–Crippen LogP) is 4.26. The maximum Gasteiger partial charge on any atom is 0.261 e. The first-order chi connectivity index (χ1) is 14.3. The van der Waals surface area contributed by atoms with Crippen molar-refractivity contribution in [2.24, 2.45) is 5.92 Å². The van der Waals surface area contributed by atoms with Gasteiger partial charge in [-0.15, -0.1) is 0 Å². The van der Waals surface area contributed by atoms with E-state index >= 15 is 0 Å². The summed E-state index contributed by atoms with van der Waals surface area (Å²) in [6, 6.07) is 15.0. The lowest BCUT2D eigenvalue weighted by molar-refractivity contribution is -0.143. The fourth-order valence-corrected chi connectivity index (χ4v) is 3.25. The molecule has 0 aliphatic carbocycles. The third kappa shape index (κ3) is 6.61. The second kappa shape index (κ2) is 11.4. The minimum absolute atomic E-state index is 0.106. The first-order valence-corrected chi connectivity index (χ1v) is 10.6. The van der Waals surface area contributed by atoms with Crippen LogP contribution >= 0.6 is 0 Å². The van der Waals surface area contributed by atoms with E-state index in [0.717, 1.165) is 16.7 Å². The van der Waals surface area contributed by atoms with Gasteiger partial charge in [0.1, 0.15) is 11.8 Å². The van der Waals surface area contributed by atoms with Gasteiger partial charge in [0, 0.05) is 13.1 Å². The molecule has 0 bridgehead atoms. The van der Waals surface area contributed by atoms with Crippen molar-refractivity contribution < 1.29 is 14.3 Å². The standard InChI is InChI=1S/C25H34N2O3/c1-6-22(25(29)26-15-18(2)3)27(16-21-13-9-7-11-19(21)4)24(28)17-30-23-14-10-8-12-20(23)5/h7-14,18,22H,6,15-17H2,1-5H3,(H,26,29)/t22-/m1/s1. The monoisotopic (exact) mass is 410 g/mol. The second-order valence-corrected chi connectivity index (χ2v) is 8.07. The molecule has 0 aliphatic heterocycles. The van der Waals surface area contributed by atoms with E-state index in [0.29, 0.717) is 31.2 Å². The normalized spacial score (nSPS) is 11.8. The van der Waals surface area contributed by atoms with Crippen LogP contribution in [-0.2, 0) is 16.1 Å². The lowest BCUT2D eigenvalue weighted by atomic mass is 10.1. The topological polar surface area (TPSA) is 58.6 Å². The molecule has 0 unspecified atom stereocenters. The Bertz CT molecular complexity index is 848. The zero-order valence-electron chi connectivity index (χ0n) is 18.8. The van der Waals surface area contributed by atoms with Crippen molar-refractivity contribution in [1.29, 1.82) is 0 Å². The van der Waals surface area contributed by atoms with Crippen molar-refractivity contribution in [3.05, 3.63) is 65.2 Å². The van der Waals surface area contributed by atoms with Crippen LogP contribution in [0.4, 0.5) is 0 Å². The maximum atomic E-state index is 13.2. The summed E-state index contributed by atoms with van der Waals surface area (Å²) in [5.41, 5.74) is 3.09. The van der Waals surface area contributed by atoms with Gasteiger partial charge in [-0.25, -0.2) is 0 Å². The number of ether oxygens (including phenoxy) is 1. The van der Waals surface area contributed by atoms with E-state index in [2.05, 4.69) is 5.32 Å². The largest absolute Gasteiger partial charge is 0.484 e. The highest BCUT2D eigenvalue weighted by Gasteiger charge is 2.29. The Morgan fingerprint density at radius 3 is 2.23 bits per heavy atom. The van der Waals surface area contributed by atoms with Gasteiger partial charge in [0.05, 0.1) is 0 Å². The van der Waals surface area contributed by atoms with Crippen LogP contribution in [-0.4, -0.2) is 35.9 Å². The molecule has 162 valence electrons. The molecule has 0 spiro atoms. The number of carbonyl (C=O) groups excluding carboxylic acids is 2. The molecule has 0 fully saturated rings. The molecule has 0 heterocycles. The van der Waals surface area contributed by atoms with Crippen molar-refractivity contribution in [3.8, 4) is 5.75 Å². The number of aryl methyl sites for hydroxylation is 2. The van der Waals surface area contributed by atoms with Crippen molar-refractivity contribution in [2.75, 3.05) is 13.2 Å². The van der Waals surface area contributed by atoms with E-state index in [-0.39, 0.29) is 18.4 Å². The molecular weight excluding hydrogens is 376 g/mol. The molecule has 2 aromatic rings. The third-order valence-electron chi connectivity index (χ3n) is 5.12. The highest BCUT2D eigenvalue weighted by atomic mass is 16.5. The Hall–Kier alpha value is -2.82. The van der Waals surface area contributed by atoms with Crippen LogP contribution in [0.15, 0.2) is 48.5 Å². The molecule has 0 aromatic heterocycles. The van der Waals surface area contributed by atoms with Crippen LogP contribution in [0.2, 0.25) is 0 Å². The molecule has 2 aromatic carbocycles. The number of benzene rings is 2. The van der Waals surface area contributed by atoms with Gasteiger partial charge in [0.25, 0.3) is 5.91 Å². The molecule has 0 saturated heterocycles. The number of nitrogens with one attached hydrogen (secondary N) is 1. The Balaban J connectivity index is 2.22. The SMILES string of the molecule is CC[C@H](C(=O)NCC(C)C)N(Cc1ccccc1C)C(=O)COc1ccccc1C. The third-order valence-corrected chi connectivity index (χ3v) is 5.12. The zero-order valence-corrected chi connectivity index (χ0v) is 18.8. The smallest absolute Gasteiger partial charge is 0.261 e. The minimum Gasteiger partial charge on any atom is -0.484 e. The average Bonchev–Trinajstić information content (AvgIpc) is 2.72. The van der Waals surface area contributed by atoms with Crippen LogP contribution in [0.5, 0.6) is 5.75 Å². The van der Waals surface area contributed by atoms with Gasteiger partial charge < -0.3 is 15.0 Å². The lowest BCUT2D eigenvalue weighted by Crippen LogP contribution is -2.50. The van der Waals surface area contributed by atoms with Gasteiger partial charge in [0.2, 0.25) is 5.91 Å². The first-order valence-electron chi connectivity index (χ1n) is 10.6. The summed E-state index contributed by atoms with van der Waals surface area (Å²) >= 11 is 0. The van der Waals surface area contributed by atoms with Gasteiger partial charge in [0.15, 0.2) is 6.61 Å². The van der Waals surface area contributed by atoms with Crippen LogP contribution in [0.1, 0.15) is 43.9 Å². The molecule has 0 radical (unpaired) electrons. The van der Waals surface area contributed by atoms with Gasteiger partial charge in [-0.3, -0.25) is 9.59 Å². The number of hydrogen-bond acceptors (Lipinski definition) is 3. The predicted molar refractivity (Wildman–Crippen MR) is 120 cm³/mol. The highest BCUT2D eigenvalue weighted by molar-refractivity contribution is 5.88. The van der Waals surface area contributed by atoms with Crippen molar-refractivity contribution in [1.82, 2.24) is 10.2 Å². The van der Waals surface area contributed by atoms with E-state index in [1.807, 2.05) is 83.1 Å². The molecule has 0 aliphatic rings. The Kier molecular flexibility index (Phi) is 8.90. The van der Waals surface area contributed by atoms with Crippen LogP contribution in [0.3, 0.4) is 0 Å². The molecule has 30 heavy (non-hydrogen) atoms. The van der Waals surface area contributed by atoms with Crippen molar-refractivity contribution >= 4 is 11.8 Å². The van der Waals surface area contributed by atoms with Gasteiger partial charge in [-0.1, -0.05) is 63.2 Å². The van der Waals surface area contributed by atoms with E-state index in [9.17, 15) is 9.59 Å². The second-order valence-electron chi connectivity index (χ2n) is 8.07. The highest BCUT2D eigenvalue weighted by Crippen LogP contribution is 2.18. The van der Waals surface area contributed by atoms with Crippen LogP contribution in [0, 0.1) is 19.8 Å². The number of carbonyl (C=O) groups is 2. The van der Waals surface area contributed by atoms with E-state index in [1.165, 1.54) is 0 Å². The summed E-state index contributed by atoms with van der Waals surface area (Å²) < 4.78 is 5.80. The van der Waals surface area contributed by atoms with Gasteiger partial charge in [-0.05, 0) is 48.9 Å². The number of amides is 2. The Morgan fingerprint density at radius 1 is 1.00 bits per heavy atom. The van der Waals surface area contributed by atoms with Crippen molar-refractivity contribution in [2.45, 2.75) is 53.6 Å². The Labute approximate surface area is 180 Å². The van der Waals surface area contributed by atoms with Crippen LogP contribution in [0.25, 0.3) is 0 Å². The Morgan fingerprint density at radius 2 is 1.63 bits per heavy atom. The summed E-state index contributed by atoms with van der Waals surface area (Å²) in [5.74, 6) is 0.701. The quantitative estimate of drug-likeness (QED) is 0.637. The zero-order chi connectivity index (χ0) is 22.1. The molecule has 1 N–H and O–H groups in total. The van der Waals surface area contributed by atoms with E-state index in [1.54, 1.807) is 4.90 Å². The lowest BCUT2D eigenvalue weighted by Gasteiger charge is -2.31. The molecule has 1 atom stereocenters. The molecule has 5 nitrogen and oxygen atoms in total. The van der Waals surface area contributed by atoms with Gasteiger partial charge >= 0.3 is 0 Å². The number of nitrogens with zero attached hydrogens (tertiary/aromatic N) is 1. The summed E-state index contributed by atoms with van der Waals surface area (Å²) in [4.78, 5) is 27.7. The van der Waals surface area contributed by atoms with Crippen molar-refractivity contribution in [3.63, 3.8) is 0 Å². The number of para-hydroxylation sites is 1. The minimum atomic E-state index is -0.545. The summed E-state index contributed by atoms with van der Waals surface area (Å²) in [5, 5.41) is 2.98. The van der Waals surface area contributed by atoms with Gasteiger partial charge in [-0.2, -0.15) is 0 Å². The molecular formula is C25H34N2O3. The summed E-state index contributed by atoms with van der Waals surface area (Å²) in [7, 11) is 0. The number of hydrogen-bond donors (Lipinski definition) is 1. The fourth-order valence-electron chi connectivity index (χ4n) is 3.25. The molecule has 2 amide bonds. The first kappa shape index (κ1) is 23.5. The number of rotatable bonds is 10. The molecule has 2 rings (SSSR count). The maximum absolute atomic E-state index is 13.2.